The maximum atomic E-state index is 11.9. The van der Waals surface area contributed by atoms with Gasteiger partial charge in [-0.2, -0.15) is 16.8 Å². The van der Waals surface area contributed by atoms with Crippen LogP contribution >= 0.6 is 11.8 Å². The van der Waals surface area contributed by atoms with Crippen molar-refractivity contribution in [3.63, 3.8) is 0 Å². The molecule has 21 heavy (non-hydrogen) atoms. The number of nitrogens with zero attached hydrogens (tertiary/aromatic N) is 1. The number of hydroxylamine groups is 2. The Hall–Kier alpha value is -1.04. The van der Waals surface area contributed by atoms with E-state index in [0.717, 1.165) is 25.1 Å². The van der Waals surface area contributed by atoms with Crippen molar-refractivity contribution >= 4 is 17.7 Å². The zero-order valence-electron chi connectivity index (χ0n) is 11.9. The molecule has 0 radical (unpaired) electrons. The van der Waals surface area contributed by atoms with Gasteiger partial charge in [0.15, 0.2) is 0 Å². The average molecular weight is 304 g/mol. The van der Waals surface area contributed by atoms with Crippen molar-refractivity contribution in [3.05, 3.63) is 35.9 Å². The second-order valence-corrected chi connectivity index (χ2v) is 7.27. The van der Waals surface area contributed by atoms with Gasteiger partial charge < -0.3 is 5.32 Å². The average Bonchev–Trinajstić information content (AvgIpc) is 3.05. The Morgan fingerprint density at radius 2 is 2.19 bits per heavy atom. The number of thioether (sulfide) groups is 1. The maximum Gasteiger partial charge on any atom is 0.220 e. The Bertz CT molecular complexity index is 524. The first kappa shape index (κ1) is 13.6. The lowest BCUT2D eigenvalue weighted by molar-refractivity contribution is -0.176. The van der Waals surface area contributed by atoms with E-state index >= 15 is 0 Å². The Kier molecular flexibility index (Phi) is 3.65. The number of carbonyl (C=O) groups excluding carboxylic acids is 1. The minimum absolute atomic E-state index is 0.202. The molecule has 1 N–H and O–H groups in total. The topological polar surface area (TPSA) is 41.6 Å². The predicted octanol–water partition coefficient (Wildman–Crippen LogP) is 1.96. The smallest absolute Gasteiger partial charge is 0.220 e. The second-order valence-electron chi connectivity index (χ2n) is 6.06. The van der Waals surface area contributed by atoms with Crippen LogP contribution in [0, 0.1) is 0 Å². The fourth-order valence-corrected chi connectivity index (χ4v) is 5.26. The van der Waals surface area contributed by atoms with Gasteiger partial charge in [-0.1, -0.05) is 30.3 Å². The molecule has 112 valence electrons. The number of nitrogens with one attached hydrogen (secondary N) is 1. The molecule has 3 aliphatic rings. The van der Waals surface area contributed by atoms with Crippen LogP contribution in [0.15, 0.2) is 30.3 Å². The molecule has 1 aromatic rings. The highest BCUT2D eigenvalue weighted by Gasteiger charge is 2.52. The summed E-state index contributed by atoms with van der Waals surface area (Å²) in [4.78, 5) is 18.2. The highest BCUT2D eigenvalue weighted by atomic mass is 32.2. The number of rotatable bonds is 2. The van der Waals surface area contributed by atoms with Gasteiger partial charge >= 0.3 is 0 Å². The number of carbonyl (C=O) groups is 1. The first-order valence-corrected chi connectivity index (χ1v) is 8.74. The van der Waals surface area contributed by atoms with Crippen molar-refractivity contribution in [1.82, 2.24) is 10.4 Å². The molecule has 0 spiro atoms. The fraction of sp³-hybridized carbons (Fsp3) is 0.562. The molecule has 1 aromatic carbocycles. The summed E-state index contributed by atoms with van der Waals surface area (Å²) >= 11 is 1.96. The summed E-state index contributed by atoms with van der Waals surface area (Å²) in [6, 6.07) is 11.0. The summed E-state index contributed by atoms with van der Waals surface area (Å²) < 4.78 is 0. The van der Waals surface area contributed by atoms with E-state index in [4.69, 9.17) is 4.84 Å². The van der Waals surface area contributed by atoms with Crippen LogP contribution in [0.25, 0.3) is 0 Å². The normalized spacial score (nSPS) is 35.9. The van der Waals surface area contributed by atoms with Crippen molar-refractivity contribution < 1.29 is 9.63 Å². The molecular formula is C16H20N2O2S. The quantitative estimate of drug-likeness (QED) is 0.907. The monoisotopic (exact) mass is 304 g/mol. The molecule has 0 saturated carbocycles. The minimum Gasteiger partial charge on any atom is -0.351 e. The molecule has 5 heteroatoms. The van der Waals surface area contributed by atoms with Crippen LogP contribution in [0.2, 0.25) is 0 Å². The van der Waals surface area contributed by atoms with Gasteiger partial charge in [-0.25, -0.2) is 0 Å². The van der Waals surface area contributed by atoms with Crippen LogP contribution in [0.3, 0.4) is 0 Å². The third-order valence-corrected chi connectivity index (χ3v) is 6.13. The largest absolute Gasteiger partial charge is 0.351 e. The third kappa shape index (κ3) is 2.58. The van der Waals surface area contributed by atoms with Gasteiger partial charge in [-0.15, -0.1) is 0 Å². The molecule has 3 heterocycles. The molecule has 4 bridgehead atoms. The zero-order chi connectivity index (χ0) is 14.2. The lowest BCUT2D eigenvalue weighted by Gasteiger charge is -2.28. The van der Waals surface area contributed by atoms with Crippen LogP contribution < -0.4 is 5.32 Å². The predicted molar refractivity (Wildman–Crippen MR) is 82.7 cm³/mol. The van der Waals surface area contributed by atoms with E-state index in [-0.39, 0.29) is 18.1 Å². The van der Waals surface area contributed by atoms with Gasteiger partial charge in [-0.05, 0) is 18.4 Å². The van der Waals surface area contributed by atoms with Gasteiger partial charge in [0.1, 0.15) is 0 Å². The molecule has 4 nitrogen and oxygen atoms in total. The molecule has 4 rings (SSSR count). The number of benzene rings is 1. The summed E-state index contributed by atoms with van der Waals surface area (Å²) in [6.07, 6.45) is 2.81. The Morgan fingerprint density at radius 1 is 1.33 bits per heavy atom. The Morgan fingerprint density at radius 3 is 3.05 bits per heavy atom. The van der Waals surface area contributed by atoms with E-state index < -0.39 is 0 Å². The summed E-state index contributed by atoms with van der Waals surface area (Å²) in [5.74, 6) is 1.21. The fourth-order valence-electron chi connectivity index (χ4n) is 3.63. The number of amides is 1. The van der Waals surface area contributed by atoms with Crippen molar-refractivity contribution in [3.8, 4) is 0 Å². The van der Waals surface area contributed by atoms with Crippen molar-refractivity contribution in [1.29, 1.82) is 0 Å². The molecule has 4 atom stereocenters. The van der Waals surface area contributed by atoms with E-state index in [9.17, 15) is 4.79 Å². The van der Waals surface area contributed by atoms with E-state index in [1.54, 1.807) is 0 Å². The third-order valence-electron chi connectivity index (χ3n) is 4.61. The first-order chi connectivity index (χ1) is 10.3. The summed E-state index contributed by atoms with van der Waals surface area (Å²) in [6.45, 7) is 0.797. The highest BCUT2D eigenvalue weighted by molar-refractivity contribution is 8.00. The van der Waals surface area contributed by atoms with Gasteiger partial charge in [0.2, 0.25) is 5.91 Å². The molecule has 3 saturated heterocycles. The van der Waals surface area contributed by atoms with Crippen LogP contribution in [-0.2, 0) is 16.2 Å². The van der Waals surface area contributed by atoms with E-state index in [0.29, 0.717) is 17.7 Å². The summed E-state index contributed by atoms with van der Waals surface area (Å²) in [5.41, 5.74) is 1.26. The van der Waals surface area contributed by atoms with Gasteiger partial charge in [0.25, 0.3) is 0 Å². The lowest BCUT2D eigenvalue weighted by Crippen LogP contribution is -2.49. The summed E-state index contributed by atoms with van der Waals surface area (Å²) in [7, 11) is 0. The molecule has 0 unspecified atom stereocenters. The van der Waals surface area contributed by atoms with Gasteiger partial charge in [0.05, 0.1) is 23.4 Å². The van der Waals surface area contributed by atoms with E-state index in [2.05, 4.69) is 34.6 Å². The Labute approximate surface area is 129 Å². The second kappa shape index (κ2) is 5.63. The SMILES string of the molecule is O=C1CCC[C@@H]2ON(Cc3ccccc3)[C@@H]3[C@H]2SC[C@H]3N1. The lowest BCUT2D eigenvalue weighted by atomic mass is 10.0. The zero-order valence-corrected chi connectivity index (χ0v) is 12.7. The number of hydrogen-bond acceptors (Lipinski definition) is 4. The minimum atomic E-state index is 0.202. The molecular weight excluding hydrogens is 284 g/mol. The van der Waals surface area contributed by atoms with Gasteiger partial charge in [-0.3, -0.25) is 9.63 Å². The first-order valence-electron chi connectivity index (χ1n) is 7.69. The van der Waals surface area contributed by atoms with Crippen LogP contribution in [0.4, 0.5) is 0 Å². The van der Waals surface area contributed by atoms with Crippen molar-refractivity contribution in [2.45, 2.75) is 49.2 Å². The summed E-state index contributed by atoms with van der Waals surface area (Å²) in [5, 5.41) is 5.84. The molecule has 3 aliphatic heterocycles. The molecule has 3 fully saturated rings. The van der Waals surface area contributed by atoms with Crippen molar-refractivity contribution in [2.75, 3.05) is 5.75 Å². The van der Waals surface area contributed by atoms with E-state index in [1.165, 1.54) is 5.56 Å². The molecule has 0 aromatic heterocycles. The molecule has 1 amide bonds. The maximum absolute atomic E-state index is 11.9. The van der Waals surface area contributed by atoms with Crippen LogP contribution in [0.5, 0.6) is 0 Å². The van der Waals surface area contributed by atoms with E-state index in [1.807, 2.05) is 17.8 Å². The standard InChI is InChI=1S/C16H20N2O2S/c19-14-8-4-7-13-16-15(12(17-14)10-21-16)18(20-13)9-11-5-2-1-3-6-11/h1-3,5-6,12-13,15-16H,4,7-10H2,(H,17,19)/t12-,13+,15+,16+/m1/s1. The Balaban J connectivity index is 1.57. The van der Waals surface area contributed by atoms with Crippen molar-refractivity contribution in [2.24, 2.45) is 0 Å². The van der Waals surface area contributed by atoms with Crippen LogP contribution in [0.1, 0.15) is 24.8 Å². The van der Waals surface area contributed by atoms with Crippen LogP contribution in [-0.4, -0.2) is 40.2 Å². The molecule has 0 aliphatic carbocycles. The highest BCUT2D eigenvalue weighted by Crippen LogP contribution is 2.42. The number of hydrogen-bond donors (Lipinski definition) is 1. The van der Waals surface area contributed by atoms with Gasteiger partial charge in [0, 0.05) is 18.7 Å².